The van der Waals surface area contributed by atoms with Gasteiger partial charge in [-0.15, -0.1) is 12.4 Å². The summed E-state index contributed by atoms with van der Waals surface area (Å²) in [5, 5.41) is 5.58. The zero-order chi connectivity index (χ0) is 11.3. The third kappa shape index (κ3) is 4.59. The van der Waals surface area contributed by atoms with E-state index in [1.54, 1.807) is 26.1 Å². The van der Waals surface area contributed by atoms with Crippen molar-refractivity contribution in [2.75, 3.05) is 18.9 Å². The van der Waals surface area contributed by atoms with Crippen LogP contribution in [0.25, 0.3) is 0 Å². The largest absolute Gasteiger partial charge is 0.326 e. The van der Waals surface area contributed by atoms with E-state index in [2.05, 4.69) is 10.6 Å². The Hall–Kier alpha value is -1.13. The average molecular weight is 247 g/mol. The van der Waals surface area contributed by atoms with Crippen molar-refractivity contribution in [2.45, 2.75) is 13.3 Å². The van der Waals surface area contributed by atoms with Crippen molar-refractivity contribution in [3.8, 4) is 0 Å². The highest BCUT2D eigenvalue weighted by molar-refractivity contribution is 5.90. The Labute approximate surface area is 101 Å². The molecule has 0 unspecified atom stereocenters. The molecule has 1 aromatic rings. The van der Waals surface area contributed by atoms with Crippen molar-refractivity contribution < 1.29 is 9.18 Å². The third-order valence-corrected chi connectivity index (χ3v) is 2.04. The van der Waals surface area contributed by atoms with Crippen LogP contribution in [0, 0.1) is 12.7 Å². The molecule has 3 nitrogen and oxygen atoms in total. The first-order valence-electron chi connectivity index (χ1n) is 4.84. The maximum atomic E-state index is 12.9. The summed E-state index contributed by atoms with van der Waals surface area (Å²) in [6, 6.07) is 4.52. The van der Waals surface area contributed by atoms with Crippen LogP contribution in [0.15, 0.2) is 18.2 Å². The molecule has 90 valence electrons. The molecule has 5 heteroatoms. The number of halogens is 2. The number of aryl methyl sites for hydroxylation is 1. The highest BCUT2D eigenvalue weighted by atomic mass is 35.5. The molecule has 16 heavy (non-hydrogen) atoms. The van der Waals surface area contributed by atoms with Crippen LogP contribution in [0.3, 0.4) is 0 Å². The number of rotatable bonds is 4. The summed E-state index contributed by atoms with van der Waals surface area (Å²) >= 11 is 0. The second-order valence-electron chi connectivity index (χ2n) is 3.37. The Balaban J connectivity index is 0.00000225. The van der Waals surface area contributed by atoms with E-state index in [1.807, 2.05) is 0 Å². The topological polar surface area (TPSA) is 41.1 Å². The molecule has 1 aromatic carbocycles. The molecule has 0 aliphatic carbocycles. The summed E-state index contributed by atoms with van der Waals surface area (Å²) < 4.78 is 12.9. The second-order valence-corrected chi connectivity index (χ2v) is 3.37. The molecule has 1 amide bonds. The minimum atomic E-state index is -0.261. The quantitative estimate of drug-likeness (QED) is 0.854. The van der Waals surface area contributed by atoms with Gasteiger partial charge in [0.05, 0.1) is 0 Å². The molecule has 0 aliphatic rings. The number of nitrogens with one attached hydrogen (secondary N) is 2. The maximum absolute atomic E-state index is 12.9. The summed E-state index contributed by atoms with van der Waals surface area (Å²) in [5.41, 5.74) is 1.16. The first kappa shape index (κ1) is 14.9. The van der Waals surface area contributed by atoms with Crippen LogP contribution in [0.4, 0.5) is 10.1 Å². The molecule has 0 bridgehead atoms. The fraction of sp³-hybridized carbons (Fsp3) is 0.364. The van der Waals surface area contributed by atoms with E-state index in [9.17, 15) is 9.18 Å². The number of carbonyl (C=O) groups is 1. The first-order valence-corrected chi connectivity index (χ1v) is 4.84. The Morgan fingerprint density at radius 3 is 2.69 bits per heavy atom. The molecule has 0 fully saturated rings. The molecular weight excluding hydrogens is 231 g/mol. The van der Waals surface area contributed by atoms with Crippen molar-refractivity contribution >= 4 is 24.0 Å². The van der Waals surface area contributed by atoms with Crippen molar-refractivity contribution in [2.24, 2.45) is 0 Å². The predicted molar refractivity (Wildman–Crippen MR) is 65.6 cm³/mol. The zero-order valence-corrected chi connectivity index (χ0v) is 10.2. The van der Waals surface area contributed by atoms with Gasteiger partial charge in [0.15, 0.2) is 0 Å². The number of hydrogen-bond acceptors (Lipinski definition) is 2. The van der Waals surface area contributed by atoms with E-state index in [-0.39, 0.29) is 24.1 Å². The number of carbonyl (C=O) groups excluding carboxylic acids is 1. The maximum Gasteiger partial charge on any atom is 0.225 e. The van der Waals surface area contributed by atoms with Gasteiger partial charge in [0.1, 0.15) is 5.82 Å². The van der Waals surface area contributed by atoms with Gasteiger partial charge in [-0.25, -0.2) is 4.39 Å². The molecule has 1 rings (SSSR count). The summed E-state index contributed by atoms with van der Waals surface area (Å²) in [6.45, 7) is 2.30. The Morgan fingerprint density at radius 2 is 2.12 bits per heavy atom. The molecule has 0 atom stereocenters. The lowest BCUT2D eigenvalue weighted by atomic mass is 10.2. The van der Waals surface area contributed by atoms with Gasteiger partial charge in [0.25, 0.3) is 0 Å². The Morgan fingerprint density at radius 1 is 1.44 bits per heavy atom. The minimum Gasteiger partial charge on any atom is -0.326 e. The van der Waals surface area contributed by atoms with Crippen LogP contribution >= 0.6 is 12.4 Å². The molecule has 0 aromatic heterocycles. The molecular formula is C11H16ClFN2O. The standard InChI is InChI=1S/C11H15FN2O.ClH/c1-8-7-9(3-4-10(8)12)14-11(15)5-6-13-2;/h3-4,7,13H,5-6H2,1-2H3,(H,14,15);1H. The molecule has 0 heterocycles. The van der Waals surface area contributed by atoms with Gasteiger partial charge in [-0.1, -0.05) is 0 Å². The SMILES string of the molecule is CNCCC(=O)Nc1ccc(F)c(C)c1.Cl. The first-order chi connectivity index (χ1) is 7.13. The lowest BCUT2D eigenvalue weighted by Crippen LogP contribution is -2.18. The van der Waals surface area contributed by atoms with Gasteiger partial charge >= 0.3 is 0 Å². The normalized spacial score (nSPS) is 9.44. The van der Waals surface area contributed by atoms with Crippen molar-refractivity contribution in [1.29, 1.82) is 0 Å². The third-order valence-electron chi connectivity index (χ3n) is 2.04. The smallest absolute Gasteiger partial charge is 0.225 e. The highest BCUT2D eigenvalue weighted by Crippen LogP contribution is 2.13. The van der Waals surface area contributed by atoms with Gasteiger partial charge in [0, 0.05) is 18.7 Å². The molecule has 0 saturated heterocycles. The van der Waals surface area contributed by atoms with Crippen molar-refractivity contribution in [3.63, 3.8) is 0 Å². The fourth-order valence-electron chi connectivity index (χ4n) is 1.18. The van der Waals surface area contributed by atoms with Crippen LogP contribution in [-0.4, -0.2) is 19.5 Å². The highest BCUT2D eigenvalue weighted by Gasteiger charge is 2.03. The summed E-state index contributed by atoms with van der Waals surface area (Å²) in [7, 11) is 1.79. The number of benzene rings is 1. The fourth-order valence-corrected chi connectivity index (χ4v) is 1.18. The van der Waals surface area contributed by atoms with Crippen LogP contribution in [-0.2, 0) is 4.79 Å². The second kappa shape index (κ2) is 7.19. The zero-order valence-electron chi connectivity index (χ0n) is 9.34. The van der Waals surface area contributed by atoms with Gasteiger partial charge in [-0.2, -0.15) is 0 Å². The van der Waals surface area contributed by atoms with E-state index in [0.717, 1.165) is 0 Å². The van der Waals surface area contributed by atoms with E-state index < -0.39 is 0 Å². The summed E-state index contributed by atoms with van der Waals surface area (Å²) in [5.74, 6) is -0.335. The van der Waals surface area contributed by atoms with Gasteiger partial charge in [-0.3, -0.25) is 4.79 Å². The van der Waals surface area contributed by atoms with Gasteiger partial charge in [-0.05, 0) is 37.7 Å². The number of anilines is 1. The lowest BCUT2D eigenvalue weighted by molar-refractivity contribution is -0.116. The minimum absolute atomic E-state index is 0. The van der Waals surface area contributed by atoms with Crippen molar-refractivity contribution in [1.82, 2.24) is 5.32 Å². The Kier molecular flexibility index (Phi) is 6.69. The van der Waals surface area contributed by atoms with E-state index in [4.69, 9.17) is 0 Å². The van der Waals surface area contributed by atoms with Crippen LogP contribution in [0.1, 0.15) is 12.0 Å². The summed E-state index contributed by atoms with van der Waals surface area (Å²) in [4.78, 5) is 11.3. The monoisotopic (exact) mass is 246 g/mol. The molecule has 0 saturated carbocycles. The lowest BCUT2D eigenvalue weighted by Gasteiger charge is -2.06. The number of hydrogen-bond donors (Lipinski definition) is 2. The Bertz CT molecular complexity index is 358. The number of amides is 1. The van der Waals surface area contributed by atoms with Crippen LogP contribution in [0.5, 0.6) is 0 Å². The van der Waals surface area contributed by atoms with E-state index >= 15 is 0 Å². The van der Waals surface area contributed by atoms with E-state index in [1.165, 1.54) is 6.07 Å². The molecule has 0 aliphatic heterocycles. The van der Waals surface area contributed by atoms with Crippen molar-refractivity contribution in [3.05, 3.63) is 29.6 Å². The molecule has 0 spiro atoms. The van der Waals surface area contributed by atoms with E-state index in [0.29, 0.717) is 24.2 Å². The molecule has 0 radical (unpaired) electrons. The molecule has 2 N–H and O–H groups in total. The predicted octanol–water partition coefficient (Wildman–Crippen LogP) is 2.10. The van der Waals surface area contributed by atoms with Crippen LogP contribution in [0.2, 0.25) is 0 Å². The average Bonchev–Trinajstić information content (AvgIpc) is 2.20. The van der Waals surface area contributed by atoms with Gasteiger partial charge in [0.2, 0.25) is 5.91 Å². The van der Waals surface area contributed by atoms with Gasteiger partial charge < -0.3 is 10.6 Å². The van der Waals surface area contributed by atoms with Crippen LogP contribution < -0.4 is 10.6 Å². The summed E-state index contributed by atoms with van der Waals surface area (Å²) in [6.07, 6.45) is 0.410.